The predicted molar refractivity (Wildman–Crippen MR) is 150 cm³/mol. The molecule has 0 saturated heterocycles. The number of rotatable bonds is 7. The van der Waals surface area contributed by atoms with Crippen LogP contribution in [0, 0.1) is 20.8 Å². The van der Waals surface area contributed by atoms with Crippen molar-refractivity contribution in [3.8, 4) is 22.3 Å². The Labute approximate surface area is 214 Å². The first-order valence-electron chi connectivity index (χ1n) is 12.7. The zero-order valence-corrected chi connectivity index (χ0v) is 21.3. The molecule has 0 aliphatic heterocycles. The summed E-state index contributed by atoms with van der Waals surface area (Å²) in [4.78, 5) is 8.87. The summed E-state index contributed by atoms with van der Waals surface area (Å²) in [5, 5.41) is 0. The number of hydrogen-bond donors (Lipinski definition) is 0. The summed E-state index contributed by atoms with van der Waals surface area (Å²) in [5.74, 6) is 0. The number of aromatic nitrogens is 2. The van der Waals surface area contributed by atoms with Gasteiger partial charge < -0.3 is 0 Å². The SMILES string of the molecule is Cc1cncc(CCc2cccc(-c3cccc(Cc4ccc(C)c(-c5ccccc5C)c4)c3)c2)n1. The highest BCUT2D eigenvalue weighted by molar-refractivity contribution is 5.71. The average molecular weight is 469 g/mol. The molecule has 178 valence electrons. The van der Waals surface area contributed by atoms with Gasteiger partial charge in [0.15, 0.2) is 0 Å². The molecule has 0 aliphatic rings. The molecule has 0 atom stereocenters. The van der Waals surface area contributed by atoms with E-state index in [1.165, 1.54) is 50.1 Å². The predicted octanol–water partition coefficient (Wildman–Crippen LogP) is 8.11. The van der Waals surface area contributed by atoms with Crippen LogP contribution in [0.4, 0.5) is 0 Å². The van der Waals surface area contributed by atoms with Gasteiger partial charge in [-0.15, -0.1) is 0 Å². The second-order valence-corrected chi connectivity index (χ2v) is 9.69. The van der Waals surface area contributed by atoms with Crippen LogP contribution in [0.3, 0.4) is 0 Å². The Kier molecular flexibility index (Phi) is 7.04. The lowest BCUT2D eigenvalue weighted by Crippen LogP contribution is -1.97. The highest BCUT2D eigenvalue weighted by atomic mass is 14.8. The van der Waals surface area contributed by atoms with Crippen molar-refractivity contribution in [2.45, 2.75) is 40.0 Å². The normalized spacial score (nSPS) is 11.0. The van der Waals surface area contributed by atoms with Gasteiger partial charge in [-0.1, -0.05) is 91.0 Å². The first kappa shape index (κ1) is 23.7. The van der Waals surface area contributed by atoms with Crippen LogP contribution in [0.15, 0.2) is 103 Å². The Morgan fingerprint density at radius 3 is 2.03 bits per heavy atom. The van der Waals surface area contributed by atoms with Crippen LogP contribution in [0.2, 0.25) is 0 Å². The molecule has 2 nitrogen and oxygen atoms in total. The summed E-state index contributed by atoms with van der Waals surface area (Å²) in [6.07, 6.45) is 6.44. The van der Waals surface area contributed by atoms with E-state index in [2.05, 4.69) is 115 Å². The Balaban J connectivity index is 1.35. The van der Waals surface area contributed by atoms with Crippen LogP contribution in [-0.2, 0) is 19.3 Å². The van der Waals surface area contributed by atoms with Gasteiger partial charge in [-0.25, -0.2) is 0 Å². The summed E-state index contributed by atoms with van der Waals surface area (Å²) < 4.78 is 0. The Morgan fingerprint density at radius 1 is 0.556 bits per heavy atom. The largest absolute Gasteiger partial charge is 0.261 e. The Bertz CT molecular complexity index is 1500. The number of aryl methyl sites for hydroxylation is 5. The van der Waals surface area contributed by atoms with E-state index in [0.717, 1.165) is 30.7 Å². The Hall–Kier alpha value is -4.04. The molecule has 0 amide bonds. The van der Waals surface area contributed by atoms with Gasteiger partial charge in [0.05, 0.1) is 11.4 Å². The quantitative estimate of drug-likeness (QED) is 0.241. The molecule has 1 aromatic heterocycles. The molecule has 36 heavy (non-hydrogen) atoms. The minimum absolute atomic E-state index is 0.898. The Morgan fingerprint density at radius 2 is 1.25 bits per heavy atom. The van der Waals surface area contributed by atoms with Crippen molar-refractivity contribution in [1.29, 1.82) is 0 Å². The van der Waals surface area contributed by atoms with Gasteiger partial charge >= 0.3 is 0 Å². The maximum absolute atomic E-state index is 4.59. The van der Waals surface area contributed by atoms with Gasteiger partial charge in [-0.3, -0.25) is 9.97 Å². The van der Waals surface area contributed by atoms with Gasteiger partial charge in [-0.2, -0.15) is 0 Å². The number of benzene rings is 4. The molecule has 0 radical (unpaired) electrons. The van der Waals surface area contributed by atoms with Crippen molar-refractivity contribution in [2.75, 3.05) is 0 Å². The van der Waals surface area contributed by atoms with Crippen LogP contribution >= 0.6 is 0 Å². The number of nitrogens with zero attached hydrogens (tertiary/aromatic N) is 2. The van der Waals surface area contributed by atoms with E-state index >= 15 is 0 Å². The van der Waals surface area contributed by atoms with Crippen molar-refractivity contribution >= 4 is 0 Å². The highest BCUT2D eigenvalue weighted by Crippen LogP contribution is 2.29. The molecular formula is C34H32N2. The smallest absolute Gasteiger partial charge is 0.0593 e. The van der Waals surface area contributed by atoms with E-state index < -0.39 is 0 Å². The summed E-state index contributed by atoms with van der Waals surface area (Å²) in [6, 6.07) is 33.4. The van der Waals surface area contributed by atoms with Crippen LogP contribution in [0.1, 0.15) is 39.2 Å². The summed E-state index contributed by atoms with van der Waals surface area (Å²) in [6.45, 7) is 6.38. The minimum atomic E-state index is 0.898. The topological polar surface area (TPSA) is 25.8 Å². The van der Waals surface area contributed by atoms with E-state index in [0.29, 0.717) is 0 Å². The maximum Gasteiger partial charge on any atom is 0.0593 e. The molecule has 0 unspecified atom stereocenters. The molecule has 5 aromatic rings. The molecule has 0 aliphatic carbocycles. The first-order chi connectivity index (χ1) is 17.5. The van der Waals surface area contributed by atoms with E-state index in [4.69, 9.17) is 0 Å². The van der Waals surface area contributed by atoms with Crippen LogP contribution < -0.4 is 0 Å². The monoisotopic (exact) mass is 468 g/mol. The van der Waals surface area contributed by atoms with E-state index in [-0.39, 0.29) is 0 Å². The standard InChI is InChI=1S/C34H32N2/c1-24-8-4-5-13-33(24)34-21-29(15-14-25(34)2)18-28-10-7-12-31(20-28)30-11-6-9-27(19-30)16-17-32-23-35-22-26(3)36-32/h4-15,19-23H,16-18H2,1-3H3. The van der Waals surface area contributed by atoms with Crippen molar-refractivity contribution in [3.05, 3.63) is 143 Å². The summed E-state index contributed by atoms with van der Waals surface area (Å²) in [7, 11) is 0. The molecule has 5 rings (SSSR count). The third-order valence-corrected chi connectivity index (χ3v) is 6.81. The average Bonchev–Trinajstić information content (AvgIpc) is 2.89. The van der Waals surface area contributed by atoms with Gasteiger partial charge in [0.1, 0.15) is 0 Å². The molecule has 2 heteroatoms. The fraction of sp³-hybridized carbons (Fsp3) is 0.176. The van der Waals surface area contributed by atoms with Crippen LogP contribution in [-0.4, -0.2) is 9.97 Å². The molecule has 1 heterocycles. The third kappa shape index (κ3) is 5.60. The van der Waals surface area contributed by atoms with Gasteiger partial charge in [-0.05, 0) is 90.1 Å². The second kappa shape index (κ2) is 10.7. The molecule has 0 N–H and O–H groups in total. The highest BCUT2D eigenvalue weighted by Gasteiger charge is 2.08. The fourth-order valence-electron chi connectivity index (χ4n) is 4.86. The molecule has 0 fully saturated rings. The van der Waals surface area contributed by atoms with Crippen molar-refractivity contribution < 1.29 is 0 Å². The number of hydrogen-bond acceptors (Lipinski definition) is 2. The molecular weight excluding hydrogens is 436 g/mol. The van der Waals surface area contributed by atoms with Crippen molar-refractivity contribution in [3.63, 3.8) is 0 Å². The third-order valence-electron chi connectivity index (χ3n) is 6.81. The minimum Gasteiger partial charge on any atom is -0.261 e. The molecule has 0 spiro atoms. The lowest BCUT2D eigenvalue weighted by Gasteiger charge is -2.12. The van der Waals surface area contributed by atoms with E-state index in [1.54, 1.807) is 6.20 Å². The van der Waals surface area contributed by atoms with E-state index in [9.17, 15) is 0 Å². The lowest BCUT2D eigenvalue weighted by molar-refractivity contribution is 0.885. The van der Waals surface area contributed by atoms with Gasteiger partial charge in [0.2, 0.25) is 0 Å². The zero-order valence-electron chi connectivity index (χ0n) is 21.3. The van der Waals surface area contributed by atoms with Crippen molar-refractivity contribution in [1.82, 2.24) is 9.97 Å². The molecule has 0 bridgehead atoms. The first-order valence-corrected chi connectivity index (χ1v) is 12.7. The molecule has 4 aromatic carbocycles. The van der Waals surface area contributed by atoms with Crippen LogP contribution in [0.25, 0.3) is 22.3 Å². The summed E-state index contributed by atoms with van der Waals surface area (Å²) >= 11 is 0. The zero-order chi connectivity index (χ0) is 24.9. The maximum atomic E-state index is 4.59. The van der Waals surface area contributed by atoms with Crippen molar-refractivity contribution in [2.24, 2.45) is 0 Å². The molecule has 0 saturated carbocycles. The van der Waals surface area contributed by atoms with Gasteiger partial charge in [0, 0.05) is 12.4 Å². The fourth-order valence-corrected chi connectivity index (χ4v) is 4.86. The van der Waals surface area contributed by atoms with Gasteiger partial charge in [0.25, 0.3) is 0 Å². The second-order valence-electron chi connectivity index (χ2n) is 9.69. The summed E-state index contributed by atoms with van der Waals surface area (Å²) in [5.41, 5.74) is 13.8. The lowest BCUT2D eigenvalue weighted by atomic mass is 9.92. The van der Waals surface area contributed by atoms with Crippen LogP contribution in [0.5, 0.6) is 0 Å². The van der Waals surface area contributed by atoms with E-state index in [1.807, 2.05) is 13.1 Å².